The number of hydrogen-bond donors (Lipinski definition) is 1. The molecule has 0 fully saturated rings. The summed E-state index contributed by atoms with van der Waals surface area (Å²) in [6, 6.07) is 7.68. The molecule has 9 heteroatoms. The summed E-state index contributed by atoms with van der Waals surface area (Å²) in [5, 5.41) is 2.65. The summed E-state index contributed by atoms with van der Waals surface area (Å²) in [6.45, 7) is -1.42. The fourth-order valence-corrected chi connectivity index (χ4v) is 2.32. The Kier molecular flexibility index (Phi) is 5.30. The van der Waals surface area contributed by atoms with Gasteiger partial charge < -0.3 is 14.5 Å². The number of carbonyl (C=O) groups is 2. The van der Waals surface area contributed by atoms with Crippen LogP contribution in [-0.4, -0.2) is 21.4 Å². The minimum absolute atomic E-state index is 0.0724. The van der Waals surface area contributed by atoms with Crippen molar-refractivity contribution in [3.05, 3.63) is 71.7 Å². The van der Waals surface area contributed by atoms with Crippen LogP contribution in [0.5, 0.6) is 0 Å². The van der Waals surface area contributed by atoms with E-state index in [1.807, 2.05) is 0 Å². The number of aromatic nitrogens is 2. The number of furan rings is 1. The van der Waals surface area contributed by atoms with E-state index in [4.69, 9.17) is 9.15 Å². The van der Waals surface area contributed by atoms with Gasteiger partial charge in [0.25, 0.3) is 5.91 Å². The first-order chi connectivity index (χ1) is 13.0. The molecule has 0 saturated heterocycles. The van der Waals surface area contributed by atoms with Crippen LogP contribution in [0.25, 0.3) is 0 Å². The first-order valence-electron chi connectivity index (χ1n) is 7.88. The molecule has 0 unspecified atom stereocenters. The maximum absolute atomic E-state index is 12.8. The van der Waals surface area contributed by atoms with Gasteiger partial charge in [0.2, 0.25) is 0 Å². The number of alkyl halides is 2. The Hall–Kier alpha value is -3.49. The lowest BCUT2D eigenvalue weighted by Gasteiger charge is -2.10. The average Bonchev–Trinajstić information content (AvgIpc) is 3.33. The first kappa shape index (κ1) is 18.3. The molecule has 0 aliphatic heterocycles. The predicted molar refractivity (Wildman–Crippen MR) is 90.4 cm³/mol. The maximum atomic E-state index is 12.8. The fourth-order valence-electron chi connectivity index (χ4n) is 2.32. The highest BCUT2D eigenvalue weighted by Gasteiger charge is 2.16. The quantitative estimate of drug-likeness (QED) is 0.663. The monoisotopic (exact) mass is 375 g/mol. The number of imidazole rings is 1. The molecule has 1 N–H and O–H groups in total. The van der Waals surface area contributed by atoms with Crippen LogP contribution in [0, 0.1) is 6.92 Å². The second-order valence-corrected chi connectivity index (χ2v) is 5.57. The predicted octanol–water partition coefficient (Wildman–Crippen LogP) is 3.79. The van der Waals surface area contributed by atoms with Crippen molar-refractivity contribution >= 4 is 17.6 Å². The zero-order chi connectivity index (χ0) is 19.4. The minimum atomic E-state index is -2.77. The number of hydrogen-bond acceptors (Lipinski definition) is 5. The summed E-state index contributed by atoms with van der Waals surface area (Å²) in [7, 11) is 0. The van der Waals surface area contributed by atoms with Crippen molar-refractivity contribution in [3.63, 3.8) is 0 Å². The molecule has 0 spiro atoms. The summed E-state index contributed by atoms with van der Waals surface area (Å²) >= 11 is 0. The van der Waals surface area contributed by atoms with Gasteiger partial charge in [0.1, 0.15) is 6.61 Å². The maximum Gasteiger partial charge on any atom is 0.338 e. The van der Waals surface area contributed by atoms with Crippen LogP contribution in [-0.2, 0) is 11.3 Å². The van der Waals surface area contributed by atoms with E-state index in [-0.39, 0.29) is 17.1 Å². The lowest BCUT2D eigenvalue weighted by molar-refractivity contribution is 0.0376. The molecule has 27 heavy (non-hydrogen) atoms. The average molecular weight is 375 g/mol. The molecule has 3 aromatic rings. The minimum Gasteiger partial charge on any atom is -0.459 e. The number of carbonyl (C=O) groups excluding carboxylic acids is 2. The molecule has 0 bridgehead atoms. The summed E-state index contributed by atoms with van der Waals surface area (Å²) in [4.78, 5) is 28.0. The fraction of sp³-hybridized carbons (Fsp3) is 0.167. The van der Waals surface area contributed by atoms with Gasteiger partial charge in [-0.1, -0.05) is 6.07 Å². The molecule has 2 aromatic heterocycles. The normalized spacial score (nSPS) is 10.8. The van der Waals surface area contributed by atoms with Crippen LogP contribution in [0.2, 0.25) is 0 Å². The number of anilines is 1. The van der Waals surface area contributed by atoms with Gasteiger partial charge in [0.15, 0.2) is 11.6 Å². The van der Waals surface area contributed by atoms with Crippen LogP contribution in [0.1, 0.15) is 38.9 Å². The van der Waals surface area contributed by atoms with Crippen LogP contribution in [0.15, 0.2) is 53.4 Å². The van der Waals surface area contributed by atoms with Gasteiger partial charge in [0.05, 0.1) is 11.8 Å². The van der Waals surface area contributed by atoms with Crippen LogP contribution < -0.4 is 5.32 Å². The van der Waals surface area contributed by atoms with Crippen molar-refractivity contribution in [1.82, 2.24) is 9.55 Å². The smallest absolute Gasteiger partial charge is 0.338 e. The molecule has 0 radical (unpaired) electrons. The Morgan fingerprint density at radius 2 is 2.15 bits per heavy atom. The molecule has 140 valence electrons. The number of benzene rings is 1. The second kappa shape index (κ2) is 7.81. The van der Waals surface area contributed by atoms with E-state index in [0.717, 1.165) is 11.8 Å². The Balaban J connectivity index is 1.70. The highest BCUT2D eigenvalue weighted by molar-refractivity contribution is 6.03. The van der Waals surface area contributed by atoms with E-state index < -0.39 is 25.0 Å². The van der Waals surface area contributed by atoms with E-state index in [0.29, 0.717) is 10.3 Å². The van der Waals surface area contributed by atoms with Gasteiger partial charge in [-0.3, -0.25) is 9.36 Å². The number of nitrogens with zero attached hydrogens (tertiary/aromatic N) is 2. The van der Waals surface area contributed by atoms with E-state index in [1.54, 1.807) is 19.1 Å². The summed E-state index contributed by atoms with van der Waals surface area (Å²) in [5.74, 6) is -1.14. The molecular formula is C18H15F2N3O4. The van der Waals surface area contributed by atoms with Crippen molar-refractivity contribution in [2.45, 2.75) is 20.1 Å². The zero-order valence-electron chi connectivity index (χ0n) is 14.2. The van der Waals surface area contributed by atoms with Gasteiger partial charge in [-0.05, 0) is 36.8 Å². The number of rotatable bonds is 6. The van der Waals surface area contributed by atoms with E-state index in [9.17, 15) is 18.4 Å². The summed E-state index contributed by atoms with van der Waals surface area (Å²) in [5.41, 5.74) is 1.28. The molecule has 3 rings (SSSR count). The highest BCUT2D eigenvalue weighted by Crippen LogP contribution is 2.20. The Bertz CT molecular complexity index is 951. The van der Waals surface area contributed by atoms with Crippen LogP contribution in [0.3, 0.4) is 0 Å². The molecule has 0 atom stereocenters. The third-order valence-corrected chi connectivity index (χ3v) is 3.76. The molecule has 2 heterocycles. The highest BCUT2D eigenvalue weighted by atomic mass is 19.3. The van der Waals surface area contributed by atoms with Gasteiger partial charge in [0, 0.05) is 18.1 Å². The van der Waals surface area contributed by atoms with Crippen molar-refractivity contribution in [2.75, 3.05) is 5.32 Å². The van der Waals surface area contributed by atoms with E-state index in [1.165, 1.54) is 30.7 Å². The van der Waals surface area contributed by atoms with Crippen molar-refractivity contribution in [3.8, 4) is 0 Å². The molecule has 7 nitrogen and oxygen atoms in total. The lowest BCUT2D eigenvalue weighted by Crippen LogP contribution is -2.14. The molecule has 0 saturated carbocycles. The molecule has 1 amide bonds. The lowest BCUT2D eigenvalue weighted by atomic mass is 10.1. The Labute approximate surface area is 152 Å². The van der Waals surface area contributed by atoms with Gasteiger partial charge in [-0.25, -0.2) is 9.78 Å². The van der Waals surface area contributed by atoms with Crippen molar-refractivity contribution in [2.24, 2.45) is 0 Å². The number of ether oxygens (including phenoxy) is 1. The molecule has 0 aliphatic carbocycles. The zero-order valence-corrected chi connectivity index (χ0v) is 14.2. The number of halogens is 2. The van der Waals surface area contributed by atoms with Gasteiger partial charge in [-0.2, -0.15) is 8.78 Å². The van der Waals surface area contributed by atoms with Crippen molar-refractivity contribution < 1.29 is 27.5 Å². The Morgan fingerprint density at radius 1 is 1.33 bits per heavy atom. The van der Waals surface area contributed by atoms with E-state index >= 15 is 0 Å². The largest absolute Gasteiger partial charge is 0.459 e. The number of aryl methyl sites for hydroxylation is 1. The van der Waals surface area contributed by atoms with Crippen LogP contribution in [0.4, 0.5) is 14.5 Å². The number of nitrogens with one attached hydrogen (secondary N) is 1. The van der Waals surface area contributed by atoms with Crippen molar-refractivity contribution in [1.29, 1.82) is 0 Å². The number of amides is 1. The Morgan fingerprint density at radius 3 is 2.85 bits per heavy atom. The topological polar surface area (TPSA) is 86.4 Å². The van der Waals surface area contributed by atoms with Crippen LogP contribution >= 0.6 is 0 Å². The summed E-state index contributed by atoms with van der Waals surface area (Å²) < 4.78 is 36.2. The second-order valence-electron chi connectivity index (χ2n) is 5.57. The first-order valence-corrected chi connectivity index (χ1v) is 7.88. The third-order valence-electron chi connectivity index (χ3n) is 3.76. The van der Waals surface area contributed by atoms with E-state index in [2.05, 4.69) is 10.3 Å². The van der Waals surface area contributed by atoms with Gasteiger partial charge >= 0.3 is 12.5 Å². The number of esters is 1. The summed E-state index contributed by atoms with van der Waals surface area (Å²) in [6.07, 6.45) is 3.67. The third kappa shape index (κ3) is 4.20. The molecular weight excluding hydrogens is 360 g/mol. The standard InChI is InChI=1S/C18H15F2N3O4/c1-11-4-5-12(9-13(11)22-16(24)14-3-2-8-26-14)17(25)27-10-15-21-6-7-23(15)18(19)20/h2-9,18H,10H2,1H3,(H,22,24). The molecule has 0 aliphatic rings. The van der Waals surface area contributed by atoms with Gasteiger partial charge in [-0.15, -0.1) is 0 Å². The molecule has 1 aromatic carbocycles. The SMILES string of the molecule is Cc1ccc(C(=O)OCc2nccn2C(F)F)cc1NC(=O)c1ccco1.